The number of nitrogens with zero attached hydrogens (tertiary/aromatic N) is 1. The van der Waals surface area contributed by atoms with E-state index in [0.717, 1.165) is 16.3 Å². The van der Waals surface area contributed by atoms with Crippen molar-refractivity contribution in [3.8, 4) is 0 Å². The number of hydrogen-bond acceptors (Lipinski definition) is 4. The molecule has 0 spiro atoms. The number of anilines is 2. The van der Waals surface area contributed by atoms with Crippen LogP contribution in [0.25, 0.3) is 0 Å². The van der Waals surface area contributed by atoms with E-state index < -0.39 is 22.5 Å². The molecule has 7 nitrogen and oxygen atoms in total. The number of rotatable bonds is 9. The number of carbonyl (C=O) groups is 2. The van der Waals surface area contributed by atoms with Gasteiger partial charge in [-0.3, -0.25) is 13.9 Å². The van der Waals surface area contributed by atoms with Crippen molar-refractivity contribution in [2.24, 2.45) is 0 Å². The summed E-state index contributed by atoms with van der Waals surface area (Å²) >= 11 is 3.37. The fourth-order valence-electron chi connectivity index (χ4n) is 3.30. The minimum atomic E-state index is -4.05. The first-order valence-electron chi connectivity index (χ1n) is 11.2. The number of benzene rings is 3. The van der Waals surface area contributed by atoms with Gasteiger partial charge in [-0.2, -0.15) is 0 Å². The maximum Gasteiger partial charge on any atom is 0.264 e. The average Bonchev–Trinajstić information content (AvgIpc) is 2.83. The van der Waals surface area contributed by atoms with Crippen molar-refractivity contribution < 1.29 is 18.0 Å². The highest BCUT2D eigenvalue weighted by molar-refractivity contribution is 9.10. The molecule has 9 heteroatoms. The number of amides is 2. The van der Waals surface area contributed by atoms with Gasteiger partial charge in [0.25, 0.3) is 15.9 Å². The van der Waals surface area contributed by atoms with Crippen LogP contribution in [0.1, 0.15) is 36.2 Å². The highest BCUT2D eigenvalue weighted by Gasteiger charge is 2.28. The highest BCUT2D eigenvalue weighted by atomic mass is 79.9. The van der Waals surface area contributed by atoms with E-state index in [1.807, 2.05) is 20.8 Å². The molecule has 0 heterocycles. The molecule has 0 bridgehead atoms. The first-order chi connectivity index (χ1) is 16.6. The van der Waals surface area contributed by atoms with Crippen molar-refractivity contribution in [1.82, 2.24) is 5.32 Å². The summed E-state index contributed by atoms with van der Waals surface area (Å²) < 4.78 is 28.8. The number of aryl methyl sites for hydroxylation is 1. The number of sulfonamides is 1. The zero-order valence-electron chi connectivity index (χ0n) is 19.8. The molecule has 0 aliphatic rings. The predicted octanol–water partition coefficient (Wildman–Crippen LogP) is 5.12. The molecule has 0 fully saturated rings. The zero-order chi connectivity index (χ0) is 25.6. The summed E-state index contributed by atoms with van der Waals surface area (Å²) in [5, 5.41) is 5.59. The van der Waals surface area contributed by atoms with Gasteiger partial charge in [0, 0.05) is 10.5 Å². The molecule has 2 amide bonds. The standard InChI is InChI=1S/C26H28BrN3O4S/c1-4-19(3)28-26(32)23-10-5-6-11-24(23)29-25(31)17-30(21-9-7-8-20(27)16-21)35(33,34)22-14-12-18(2)13-15-22/h5-16,19H,4,17H2,1-3H3,(H,28,32)(H,29,31)/t19-/m1/s1. The lowest BCUT2D eigenvalue weighted by Crippen LogP contribution is -2.38. The van der Waals surface area contributed by atoms with Crippen LogP contribution < -0.4 is 14.9 Å². The lowest BCUT2D eigenvalue weighted by atomic mass is 10.1. The van der Waals surface area contributed by atoms with E-state index in [9.17, 15) is 18.0 Å². The fraction of sp³-hybridized carbons (Fsp3) is 0.231. The van der Waals surface area contributed by atoms with E-state index in [-0.39, 0.29) is 16.8 Å². The number of carbonyl (C=O) groups excluding carboxylic acids is 2. The fourth-order valence-corrected chi connectivity index (χ4v) is 5.10. The van der Waals surface area contributed by atoms with E-state index in [0.29, 0.717) is 21.4 Å². The molecule has 1 atom stereocenters. The van der Waals surface area contributed by atoms with Crippen LogP contribution in [-0.4, -0.2) is 32.8 Å². The maximum absolute atomic E-state index is 13.5. The Labute approximate surface area is 214 Å². The summed E-state index contributed by atoms with van der Waals surface area (Å²) in [5.74, 6) is -0.893. The Morgan fingerprint density at radius 3 is 2.34 bits per heavy atom. The summed E-state index contributed by atoms with van der Waals surface area (Å²) in [6, 6.07) is 19.8. The number of para-hydroxylation sites is 1. The molecule has 3 aromatic rings. The van der Waals surface area contributed by atoms with E-state index >= 15 is 0 Å². The van der Waals surface area contributed by atoms with E-state index in [1.165, 1.54) is 12.1 Å². The third-order valence-electron chi connectivity index (χ3n) is 5.43. The summed E-state index contributed by atoms with van der Waals surface area (Å²) in [7, 11) is -4.05. The molecular weight excluding hydrogens is 530 g/mol. The number of nitrogens with one attached hydrogen (secondary N) is 2. The summed E-state index contributed by atoms with van der Waals surface area (Å²) in [6.07, 6.45) is 0.763. The molecule has 2 N–H and O–H groups in total. The Morgan fingerprint density at radius 2 is 1.69 bits per heavy atom. The first kappa shape index (κ1) is 26.4. The zero-order valence-corrected chi connectivity index (χ0v) is 22.2. The largest absolute Gasteiger partial charge is 0.350 e. The second-order valence-corrected chi connectivity index (χ2v) is 11.0. The summed E-state index contributed by atoms with van der Waals surface area (Å²) in [6.45, 7) is 5.24. The molecule has 0 saturated heterocycles. The average molecular weight is 558 g/mol. The molecule has 0 aromatic heterocycles. The van der Waals surface area contributed by atoms with E-state index in [2.05, 4.69) is 26.6 Å². The van der Waals surface area contributed by atoms with Crippen molar-refractivity contribution >= 4 is 49.1 Å². The van der Waals surface area contributed by atoms with E-state index in [1.54, 1.807) is 60.7 Å². The lowest BCUT2D eigenvalue weighted by Gasteiger charge is -2.24. The van der Waals surface area contributed by atoms with Crippen LogP contribution in [0.3, 0.4) is 0 Å². The third-order valence-corrected chi connectivity index (χ3v) is 7.71. The molecule has 0 aliphatic heterocycles. The van der Waals surface area contributed by atoms with Gasteiger partial charge >= 0.3 is 0 Å². The van der Waals surface area contributed by atoms with Gasteiger partial charge in [0.2, 0.25) is 5.91 Å². The van der Waals surface area contributed by atoms with Gasteiger partial charge in [-0.25, -0.2) is 8.42 Å². The Kier molecular flexibility index (Phi) is 8.69. The molecule has 0 aliphatic carbocycles. The van der Waals surface area contributed by atoms with Gasteiger partial charge in [0.15, 0.2) is 0 Å². The molecule has 3 aromatic carbocycles. The van der Waals surface area contributed by atoms with Gasteiger partial charge in [0.05, 0.1) is 21.8 Å². The smallest absolute Gasteiger partial charge is 0.264 e. The molecule has 3 rings (SSSR count). The van der Waals surface area contributed by atoms with Gasteiger partial charge in [-0.1, -0.05) is 58.7 Å². The molecule has 35 heavy (non-hydrogen) atoms. The summed E-state index contributed by atoms with van der Waals surface area (Å²) in [4.78, 5) is 25.9. The lowest BCUT2D eigenvalue weighted by molar-refractivity contribution is -0.114. The molecule has 0 radical (unpaired) electrons. The molecular formula is C26H28BrN3O4S. The van der Waals surface area contributed by atoms with Crippen molar-refractivity contribution in [3.05, 3.63) is 88.4 Å². The molecule has 0 saturated carbocycles. The van der Waals surface area contributed by atoms with E-state index in [4.69, 9.17) is 0 Å². The molecule has 0 unspecified atom stereocenters. The maximum atomic E-state index is 13.5. The second kappa shape index (κ2) is 11.5. The Morgan fingerprint density at radius 1 is 1.00 bits per heavy atom. The third kappa shape index (κ3) is 6.70. The van der Waals surface area contributed by atoms with Gasteiger partial charge in [-0.15, -0.1) is 0 Å². The number of hydrogen-bond donors (Lipinski definition) is 2. The van der Waals surface area contributed by atoms with Crippen LogP contribution >= 0.6 is 15.9 Å². The molecule has 184 valence electrons. The summed E-state index contributed by atoms with van der Waals surface area (Å²) in [5.41, 5.74) is 1.86. The van der Waals surface area contributed by atoms with Crippen molar-refractivity contribution in [2.45, 2.75) is 38.1 Å². The topological polar surface area (TPSA) is 95.6 Å². The van der Waals surface area contributed by atoms with Crippen LogP contribution in [0.4, 0.5) is 11.4 Å². The Balaban J connectivity index is 1.91. The number of halogens is 1. The van der Waals surface area contributed by atoms with Crippen LogP contribution in [-0.2, 0) is 14.8 Å². The Bertz CT molecular complexity index is 1310. The first-order valence-corrected chi connectivity index (χ1v) is 13.4. The normalized spacial score (nSPS) is 12.0. The van der Waals surface area contributed by atoms with Crippen molar-refractivity contribution in [1.29, 1.82) is 0 Å². The van der Waals surface area contributed by atoms with Crippen LogP contribution in [0, 0.1) is 6.92 Å². The van der Waals surface area contributed by atoms with Crippen LogP contribution in [0.5, 0.6) is 0 Å². The second-order valence-electron chi connectivity index (χ2n) is 8.18. The minimum absolute atomic E-state index is 0.0297. The van der Waals surface area contributed by atoms with Gasteiger partial charge < -0.3 is 10.6 Å². The predicted molar refractivity (Wildman–Crippen MR) is 142 cm³/mol. The van der Waals surface area contributed by atoms with Crippen LogP contribution in [0.15, 0.2) is 82.2 Å². The monoisotopic (exact) mass is 557 g/mol. The SMILES string of the molecule is CC[C@@H](C)NC(=O)c1ccccc1NC(=O)CN(c1cccc(Br)c1)S(=O)(=O)c1ccc(C)cc1. The van der Waals surface area contributed by atoms with Gasteiger partial charge in [0.1, 0.15) is 6.54 Å². The quantitative estimate of drug-likeness (QED) is 0.381. The Hall–Kier alpha value is -3.17. The van der Waals surface area contributed by atoms with Crippen molar-refractivity contribution in [2.75, 3.05) is 16.2 Å². The van der Waals surface area contributed by atoms with Gasteiger partial charge in [-0.05, 0) is 62.7 Å². The van der Waals surface area contributed by atoms with Crippen molar-refractivity contribution in [3.63, 3.8) is 0 Å². The minimum Gasteiger partial charge on any atom is -0.350 e. The van der Waals surface area contributed by atoms with Crippen LogP contribution in [0.2, 0.25) is 0 Å². The highest BCUT2D eigenvalue weighted by Crippen LogP contribution is 2.27.